The van der Waals surface area contributed by atoms with Crippen LogP contribution in [0, 0.1) is 11.3 Å². The minimum Gasteiger partial charge on any atom is -0.497 e. The van der Waals surface area contributed by atoms with Crippen molar-refractivity contribution in [3.05, 3.63) is 94.0 Å². The third kappa shape index (κ3) is 4.69. The number of aromatic nitrogens is 1. The van der Waals surface area contributed by atoms with Crippen LogP contribution in [-0.4, -0.2) is 26.3 Å². The first-order chi connectivity index (χ1) is 18.5. The van der Waals surface area contributed by atoms with E-state index in [1.807, 2.05) is 54.6 Å². The molecule has 0 fully saturated rings. The summed E-state index contributed by atoms with van der Waals surface area (Å²) in [5, 5.41) is 11.6. The number of hydrogen-bond donors (Lipinski definition) is 0. The number of ether oxygens (including phenoxy) is 3. The summed E-state index contributed by atoms with van der Waals surface area (Å²) in [6.07, 6.45) is 1.42. The number of halogens is 2. The number of rotatable bonds is 6. The molecular weight excluding hydrogens is 519 g/mol. The predicted octanol–water partition coefficient (Wildman–Crippen LogP) is 8.02. The van der Waals surface area contributed by atoms with Crippen LogP contribution in [0.4, 0.5) is 0 Å². The highest BCUT2D eigenvalue weighted by Crippen LogP contribution is 2.44. The summed E-state index contributed by atoms with van der Waals surface area (Å²) in [5.74, 6) is 2.09. The van der Waals surface area contributed by atoms with E-state index in [1.165, 1.54) is 0 Å². The fourth-order valence-electron chi connectivity index (χ4n) is 4.77. The minimum absolute atomic E-state index is 0.447. The highest BCUT2D eigenvalue weighted by molar-refractivity contribution is 6.53. The number of pyridine rings is 1. The van der Waals surface area contributed by atoms with E-state index >= 15 is 0 Å². The topological polar surface area (TPSA) is 64.4 Å². The van der Waals surface area contributed by atoms with Gasteiger partial charge in [-0.2, -0.15) is 5.26 Å². The molecule has 190 valence electrons. The summed E-state index contributed by atoms with van der Waals surface area (Å²) in [7, 11) is 4.87. The standard InChI is InChI=1S/C31H24Cl2N2O3/c1-36-21-9-12-23-19(14-21)6-11-24(30(23)33)25-16-28(26-15-22(37-2)10-13-29(26)38-3)35-31(27(25)17-34)18-4-7-20(32)8-5-18/h4-5,7-10,12-16H,6,11H2,1-3H3. The molecule has 0 radical (unpaired) electrons. The Morgan fingerprint density at radius 3 is 2.16 bits per heavy atom. The summed E-state index contributed by atoms with van der Waals surface area (Å²) < 4.78 is 16.5. The zero-order valence-electron chi connectivity index (χ0n) is 21.1. The maximum Gasteiger partial charge on any atom is 0.128 e. The van der Waals surface area contributed by atoms with Crippen molar-refractivity contribution in [1.29, 1.82) is 5.26 Å². The van der Waals surface area contributed by atoms with E-state index in [1.54, 1.807) is 33.5 Å². The van der Waals surface area contributed by atoms with Crippen LogP contribution >= 0.6 is 23.2 Å². The van der Waals surface area contributed by atoms with Crippen LogP contribution in [0.2, 0.25) is 5.02 Å². The van der Waals surface area contributed by atoms with Gasteiger partial charge >= 0.3 is 0 Å². The molecule has 1 aliphatic carbocycles. The Hall–Kier alpha value is -3.98. The first-order valence-electron chi connectivity index (χ1n) is 12.0. The summed E-state index contributed by atoms with van der Waals surface area (Å²) >= 11 is 13.2. The minimum atomic E-state index is 0.447. The van der Waals surface area contributed by atoms with E-state index in [0.29, 0.717) is 44.9 Å². The number of fused-ring (bicyclic) bond motifs is 1. The van der Waals surface area contributed by atoms with Crippen molar-refractivity contribution < 1.29 is 14.2 Å². The van der Waals surface area contributed by atoms with Crippen LogP contribution in [-0.2, 0) is 6.42 Å². The molecule has 1 heterocycles. The summed E-state index contributed by atoms with van der Waals surface area (Å²) in [6, 6.07) is 23.0. The van der Waals surface area contributed by atoms with Crippen LogP contribution in [0.3, 0.4) is 0 Å². The molecule has 0 atom stereocenters. The Labute approximate surface area is 231 Å². The van der Waals surface area contributed by atoms with Crippen molar-refractivity contribution in [2.24, 2.45) is 0 Å². The molecule has 1 aliphatic rings. The van der Waals surface area contributed by atoms with E-state index in [-0.39, 0.29) is 0 Å². The zero-order chi connectivity index (χ0) is 26.8. The molecule has 0 spiro atoms. The van der Waals surface area contributed by atoms with Crippen molar-refractivity contribution >= 4 is 33.8 Å². The normalized spacial score (nSPS) is 12.5. The van der Waals surface area contributed by atoms with Crippen molar-refractivity contribution in [2.75, 3.05) is 21.3 Å². The van der Waals surface area contributed by atoms with Gasteiger partial charge in [-0.3, -0.25) is 0 Å². The lowest BCUT2D eigenvalue weighted by Gasteiger charge is -2.23. The number of aryl methyl sites for hydroxylation is 1. The SMILES string of the molecule is COc1ccc2c(c1)CCC(c1cc(-c3cc(OC)ccc3OC)nc(-c3ccc(Cl)cc3)c1C#N)=C2Cl. The van der Waals surface area contributed by atoms with Crippen molar-refractivity contribution in [3.8, 4) is 45.8 Å². The second kappa shape index (κ2) is 10.8. The maximum atomic E-state index is 10.4. The van der Waals surface area contributed by atoms with Crippen LogP contribution < -0.4 is 14.2 Å². The third-order valence-electron chi connectivity index (χ3n) is 6.71. The van der Waals surface area contributed by atoms with E-state index < -0.39 is 0 Å². The molecule has 1 aromatic heterocycles. The van der Waals surface area contributed by atoms with Crippen molar-refractivity contribution in [1.82, 2.24) is 4.98 Å². The molecule has 5 rings (SSSR count). The average Bonchev–Trinajstić information content (AvgIpc) is 2.96. The Morgan fingerprint density at radius 1 is 0.763 bits per heavy atom. The lowest BCUT2D eigenvalue weighted by Crippen LogP contribution is -2.06. The Bertz CT molecular complexity index is 1610. The molecule has 38 heavy (non-hydrogen) atoms. The van der Waals surface area contributed by atoms with E-state index in [0.717, 1.165) is 45.6 Å². The van der Waals surface area contributed by atoms with Crippen LogP contribution in [0.15, 0.2) is 66.7 Å². The highest BCUT2D eigenvalue weighted by Gasteiger charge is 2.25. The molecule has 0 saturated heterocycles. The molecule has 5 nitrogen and oxygen atoms in total. The lowest BCUT2D eigenvalue weighted by molar-refractivity contribution is 0.404. The molecule has 0 saturated carbocycles. The molecule has 0 unspecified atom stereocenters. The number of benzene rings is 3. The number of hydrogen-bond acceptors (Lipinski definition) is 5. The zero-order valence-corrected chi connectivity index (χ0v) is 22.7. The Kier molecular flexibility index (Phi) is 7.28. The number of methoxy groups -OCH3 is 3. The van der Waals surface area contributed by atoms with E-state index in [2.05, 4.69) is 6.07 Å². The van der Waals surface area contributed by atoms with Crippen LogP contribution in [0.25, 0.3) is 33.1 Å². The maximum absolute atomic E-state index is 10.4. The van der Waals surface area contributed by atoms with Crippen molar-refractivity contribution in [2.45, 2.75) is 12.8 Å². The van der Waals surface area contributed by atoms with Crippen LogP contribution in [0.5, 0.6) is 17.2 Å². The Morgan fingerprint density at radius 2 is 1.47 bits per heavy atom. The summed E-state index contributed by atoms with van der Waals surface area (Å²) in [6.45, 7) is 0. The van der Waals surface area contributed by atoms with Gasteiger partial charge in [-0.25, -0.2) is 4.98 Å². The molecule has 0 bridgehead atoms. The molecule has 7 heteroatoms. The molecule has 0 amide bonds. The summed E-state index contributed by atoms with van der Waals surface area (Å²) in [5.41, 5.74) is 6.81. The van der Waals surface area contributed by atoms with Gasteiger partial charge in [0.25, 0.3) is 0 Å². The first-order valence-corrected chi connectivity index (χ1v) is 12.7. The van der Waals surface area contributed by atoms with Gasteiger partial charge in [0.2, 0.25) is 0 Å². The van der Waals surface area contributed by atoms with E-state index in [4.69, 9.17) is 42.4 Å². The fourth-order valence-corrected chi connectivity index (χ4v) is 5.27. The second-order valence-corrected chi connectivity index (χ2v) is 9.59. The van der Waals surface area contributed by atoms with Gasteiger partial charge in [-0.05, 0) is 84.1 Å². The first kappa shape index (κ1) is 25.7. The quantitative estimate of drug-likeness (QED) is 0.246. The smallest absolute Gasteiger partial charge is 0.128 e. The molecule has 0 N–H and O–H groups in total. The number of nitrogens with zero attached hydrogens (tertiary/aromatic N) is 2. The van der Waals surface area contributed by atoms with Gasteiger partial charge in [-0.1, -0.05) is 35.3 Å². The highest BCUT2D eigenvalue weighted by atomic mass is 35.5. The molecule has 3 aromatic carbocycles. The average molecular weight is 543 g/mol. The lowest BCUT2D eigenvalue weighted by atomic mass is 9.85. The molecular formula is C31H24Cl2N2O3. The van der Waals surface area contributed by atoms with Gasteiger partial charge < -0.3 is 14.2 Å². The third-order valence-corrected chi connectivity index (χ3v) is 7.40. The summed E-state index contributed by atoms with van der Waals surface area (Å²) in [4.78, 5) is 4.96. The van der Waals surface area contributed by atoms with E-state index in [9.17, 15) is 5.26 Å². The fraction of sp³-hybridized carbons (Fsp3) is 0.161. The van der Waals surface area contributed by atoms with Crippen molar-refractivity contribution in [3.63, 3.8) is 0 Å². The van der Waals surface area contributed by atoms with Gasteiger partial charge in [0.15, 0.2) is 0 Å². The van der Waals surface area contributed by atoms with Crippen LogP contribution in [0.1, 0.15) is 28.7 Å². The molecule has 4 aromatic rings. The van der Waals surface area contributed by atoms with Gasteiger partial charge in [0.05, 0.1) is 43.3 Å². The largest absolute Gasteiger partial charge is 0.497 e. The Balaban J connectivity index is 1.80. The predicted molar refractivity (Wildman–Crippen MR) is 152 cm³/mol. The number of allylic oxidation sites excluding steroid dienone is 1. The molecule has 0 aliphatic heterocycles. The number of nitriles is 1. The second-order valence-electron chi connectivity index (χ2n) is 8.78. The van der Waals surface area contributed by atoms with Gasteiger partial charge in [0, 0.05) is 21.7 Å². The van der Waals surface area contributed by atoms with Gasteiger partial charge in [-0.15, -0.1) is 0 Å². The monoisotopic (exact) mass is 542 g/mol. The van der Waals surface area contributed by atoms with Gasteiger partial charge in [0.1, 0.15) is 23.3 Å².